The van der Waals surface area contributed by atoms with Crippen molar-refractivity contribution in [2.45, 2.75) is 13.3 Å². The fourth-order valence-corrected chi connectivity index (χ4v) is 2.42. The number of nitrogens with zero attached hydrogens (tertiary/aromatic N) is 1. The Balaban J connectivity index is 2.09. The number of carbonyl (C=O) groups is 1. The van der Waals surface area contributed by atoms with Crippen molar-refractivity contribution in [3.8, 4) is 5.75 Å². The van der Waals surface area contributed by atoms with Gasteiger partial charge >= 0.3 is 0 Å². The standard InChI is InChI=1S/C15H22N2O2/c1-3-12-10-13(19-2)4-5-14(12)15(18)11-17-8-6-16-7-9-17/h4-5,10,16H,3,6-9,11H2,1-2H3. The van der Waals surface area contributed by atoms with E-state index >= 15 is 0 Å². The fourth-order valence-electron chi connectivity index (χ4n) is 2.42. The Labute approximate surface area is 114 Å². The first-order valence-electron chi connectivity index (χ1n) is 6.87. The molecule has 0 aromatic heterocycles. The van der Waals surface area contributed by atoms with Crippen molar-refractivity contribution < 1.29 is 9.53 Å². The highest BCUT2D eigenvalue weighted by Crippen LogP contribution is 2.19. The highest BCUT2D eigenvalue weighted by molar-refractivity contribution is 5.99. The molecule has 0 saturated carbocycles. The number of hydrogen-bond acceptors (Lipinski definition) is 4. The summed E-state index contributed by atoms with van der Waals surface area (Å²) < 4.78 is 5.21. The molecule has 4 heteroatoms. The van der Waals surface area contributed by atoms with Crippen molar-refractivity contribution in [2.75, 3.05) is 39.8 Å². The van der Waals surface area contributed by atoms with Crippen LogP contribution in [0, 0.1) is 0 Å². The third-order valence-electron chi connectivity index (χ3n) is 3.57. The van der Waals surface area contributed by atoms with Crippen molar-refractivity contribution >= 4 is 5.78 Å². The first kappa shape index (κ1) is 14.0. The number of aryl methyl sites for hydroxylation is 1. The number of rotatable bonds is 5. The third kappa shape index (κ3) is 3.55. The van der Waals surface area contributed by atoms with Gasteiger partial charge in [-0.05, 0) is 30.2 Å². The summed E-state index contributed by atoms with van der Waals surface area (Å²) in [4.78, 5) is 14.6. The van der Waals surface area contributed by atoms with E-state index in [2.05, 4.69) is 17.1 Å². The molecule has 0 atom stereocenters. The predicted molar refractivity (Wildman–Crippen MR) is 76.0 cm³/mol. The van der Waals surface area contributed by atoms with Crippen LogP contribution in [0.4, 0.5) is 0 Å². The molecule has 1 fully saturated rings. The van der Waals surface area contributed by atoms with Crippen molar-refractivity contribution in [1.29, 1.82) is 0 Å². The minimum atomic E-state index is 0.210. The van der Waals surface area contributed by atoms with E-state index in [1.165, 1.54) is 0 Å². The van der Waals surface area contributed by atoms with E-state index in [1.54, 1.807) is 7.11 Å². The summed E-state index contributed by atoms with van der Waals surface area (Å²) in [6, 6.07) is 5.72. The van der Waals surface area contributed by atoms with Gasteiger partial charge in [0.1, 0.15) is 5.75 Å². The number of ketones is 1. The van der Waals surface area contributed by atoms with Gasteiger partial charge in [-0.1, -0.05) is 6.92 Å². The summed E-state index contributed by atoms with van der Waals surface area (Å²) >= 11 is 0. The van der Waals surface area contributed by atoms with Crippen LogP contribution in [-0.4, -0.2) is 50.5 Å². The van der Waals surface area contributed by atoms with Gasteiger partial charge in [0.15, 0.2) is 5.78 Å². The highest BCUT2D eigenvalue weighted by Gasteiger charge is 2.17. The largest absolute Gasteiger partial charge is 0.497 e. The number of Topliss-reactive ketones (excluding diaryl/α,β-unsaturated/α-hetero) is 1. The maximum Gasteiger partial charge on any atom is 0.177 e. The lowest BCUT2D eigenvalue weighted by Crippen LogP contribution is -2.45. The Morgan fingerprint density at radius 2 is 2.11 bits per heavy atom. The Morgan fingerprint density at radius 3 is 2.74 bits per heavy atom. The zero-order valence-corrected chi connectivity index (χ0v) is 11.7. The summed E-state index contributed by atoms with van der Waals surface area (Å²) in [5, 5.41) is 3.30. The van der Waals surface area contributed by atoms with Crippen LogP contribution in [0.5, 0.6) is 5.75 Å². The van der Waals surface area contributed by atoms with E-state index in [0.717, 1.165) is 49.5 Å². The summed E-state index contributed by atoms with van der Waals surface area (Å²) in [6.07, 6.45) is 0.847. The molecule has 4 nitrogen and oxygen atoms in total. The maximum atomic E-state index is 12.4. The van der Waals surface area contributed by atoms with Gasteiger partial charge in [0.05, 0.1) is 13.7 Å². The molecular formula is C15H22N2O2. The fraction of sp³-hybridized carbons (Fsp3) is 0.533. The summed E-state index contributed by atoms with van der Waals surface area (Å²) in [5.41, 5.74) is 1.90. The molecule has 0 radical (unpaired) electrons. The zero-order chi connectivity index (χ0) is 13.7. The SMILES string of the molecule is CCc1cc(OC)ccc1C(=O)CN1CCNCC1. The van der Waals surface area contributed by atoms with Crippen molar-refractivity contribution in [3.63, 3.8) is 0 Å². The molecule has 19 heavy (non-hydrogen) atoms. The van der Waals surface area contributed by atoms with Crippen LogP contribution in [0.1, 0.15) is 22.8 Å². The number of carbonyl (C=O) groups excluding carboxylic acids is 1. The van der Waals surface area contributed by atoms with E-state index in [1.807, 2.05) is 18.2 Å². The first-order valence-corrected chi connectivity index (χ1v) is 6.87. The highest BCUT2D eigenvalue weighted by atomic mass is 16.5. The lowest BCUT2D eigenvalue weighted by atomic mass is 10.0. The lowest BCUT2D eigenvalue weighted by Gasteiger charge is -2.26. The lowest BCUT2D eigenvalue weighted by molar-refractivity contribution is 0.0920. The Kier molecular flexibility index (Phi) is 4.93. The van der Waals surface area contributed by atoms with Gasteiger partial charge in [-0.15, -0.1) is 0 Å². The second kappa shape index (κ2) is 6.68. The molecule has 2 rings (SSSR count). The molecule has 0 spiro atoms. The van der Waals surface area contributed by atoms with Gasteiger partial charge in [-0.25, -0.2) is 0 Å². The molecule has 0 unspecified atom stereocenters. The number of methoxy groups -OCH3 is 1. The van der Waals surface area contributed by atoms with Gasteiger partial charge in [-0.3, -0.25) is 9.69 Å². The molecule has 1 aliphatic heterocycles. The number of hydrogen-bond donors (Lipinski definition) is 1. The smallest absolute Gasteiger partial charge is 0.177 e. The second-order valence-corrected chi connectivity index (χ2v) is 4.83. The van der Waals surface area contributed by atoms with Crippen LogP contribution in [-0.2, 0) is 6.42 Å². The minimum absolute atomic E-state index is 0.210. The van der Waals surface area contributed by atoms with Crippen molar-refractivity contribution in [1.82, 2.24) is 10.2 Å². The van der Waals surface area contributed by atoms with Gasteiger partial charge in [-0.2, -0.15) is 0 Å². The maximum absolute atomic E-state index is 12.4. The molecule has 0 bridgehead atoms. The van der Waals surface area contributed by atoms with Gasteiger partial charge in [0.2, 0.25) is 0 Å². The van der Waals surface area contributed by atoms with E-state index in [9.17, 15) is 4.79 Å². The average molecular weight is 262 g/mol. The Morgan fingerprint density at radius 1 is 1.37 bits per heavy atom. The van der Waals surface area contributed by atoms with Crippen LogP contribution in [0.25, 0.3) is 0 Å². The van der Waals surface area contributed by atoms with Gasteiger partial charge in [0, 0.05) is 31.7 Å². The Hall–Kier alpha value is -1.39. The molecule has 1 N–H and O–H groups in total. The topological polar surface area (TPSA) is 41.6 Å². The molecule has 1 heterocycles. The molecule has 1 aromatic carbocycles. The molecule has 104 valence electrons. The molecule has 1 saturated heterocycles. The summed E-state index contributed by atoms with van der Waals surface area (Å²) in [6.45, 7) is 6.41. The molecule has 1 aliphatic rings. The molecular weight excluding hydrogens is 240 g/mol. The van der Waals surface area contributed by atoms with Crippen molar-refractivity contribution in [3.05, 3.63) is 29.3 Å². The summed E-state index contributed by atoms with van der Waals surface area (Å²) in [7, 11) is 1.65. The molecule has 1 aromatic rings. The number of benzene rings is 1. The van der Waals surface area contributed by atoms with Crippen LogP contribution >= 0.6 is 0 Å². The monoisotopic (exact) mass is 262 g/mol. The van der Waals surface area contributed by atoms with Gasteiger partial charge < -0.3 is 10.1 Å². The van der Waals surface area contributed by atoms with Crippen LogP contribution in [0.15, 0.2) is 18.2 Å². The molecule has 0 aliphatic carbocycles. The minimum Gasteiger partial charge on any atom is -0.497 e. The quantitative estimate of drug-likeness (QED) is 0.813. The van der Waals surface area contributed by atoms with E-state index in [4.69, 9.17) is 4.74 Å². The zero-order valence-electron chi connectivity index (χ0n) is 11.7. The van der Waals surface area contributed by atoms with Crippen LogP contribution in [0.2, 0.25) is 0 Å². The van der Waals surface area contributed by atoms with Gasteiger partial charge in [0.25, 0.3) is 0 Å². The second-order valence-electron chi connectivity index (χ2n) is 4.83. The Bertz CT molecular complexity index is 440. The van der Waals surface area contributed by atoms with Crippen LogP contribution < -0.4 is 10.1 Å². The third-order valence-corrected chi connectivity index (χ3v) is 3.57. The summed E-state index contributed by atoms with van der Waals surface area (Å²) in [5.74, 6) is 1.02. The predicted octanol–water partition coefficient (Wildman–Crippen LogP) is 1.35. The normalized spacial score (nSPS) is 16.3. The molecule has 0 amide bonds. The first-order chi connectivity index (χ1) is 9.24. The van der Waals surface area contributed by atoms with E-state index < -0.39 is 0 Å². The number of piperazine rings is 1. The average Bonchev–Trinajstić information content (AvgIpc) is 2.47. The number of nitrogens with one attached hydrogen (secondary N) is 1. The van der Waals surface area contributed by atoms with E-state index in [-0.39, 0.29) is 5.78 Å². The van der Waals surface area contributed by atoms with E-state index in [0.29, 0.717) is 6.54 Å². The van der Waals surface area contributed by atoms with Crippen LogP contribution in [0.3, 0.4) is 0 Å². The number of ether oxygens (including phenoxy) is 1. The van der Waals surface area contributed by atoms with Crippen molar-refractivity contribution in [2.24, 2.45) is 0 Å².